The van der Waals surface area contributed by atoms with Crippen LogP contribution >= 0.6 is 11.8 Å². The summed E-state index contributed by atoms with van der Waals surface area (Å²) in [5.74, 6) is -11.1. The van der Waals surface area contributed by atoms with Gasteiger partial charge in [0.15, 0.2) is 11.6 Å². The Morgan fingerprint density at radius 2 is 0.824 bits per heavy atom. The quantitative estimate of drug-likeness (QED) is 0.00820. The average molecular weight is 1750 g/mol. The number of rotatable bonds is 26. The fourth-order valence-corrected chi connectivity index (χ4v) is 12.5. The average Bonchev–Trinajstić information content (AvgIpc) is 0.770. The van der Waals surface area contributed by atoms with Gasteiger partial charge in [0.05, 0.1) is 53.2 Å². The molecule has 0 atom stereocenters. The number of carboxylic acids is 4. The van der Waals surface area contributed by atoms with Gasteiger partial charge in [-0.1, -0.05) is 113 Å². The Labute approximate surface area is 756 Å². The Bertz CT molecular complexity index is 5870. The van der Waals surface area contributed by atoms with E-state index in [9.17, 15) is 119 Å². The van der Waals surface area contributed by atoms with Crippen molar-refractivity contribution in [2.24, 2.45) is 0 Å². The topological polar surface area (TPSA) is 578 Å². The zero-order valence-corrected chi connectivity index (χ0v) is 71.5. The summed E-state index contributed by atoms with van der Waals surface area (Å²) >= 11 is 1.26. The van der Waals surface area contributed by atoms with E-state index in [0.29, 0.717) is 40.4 Å². The van der Waals surface area contributed by atoms with E-state index in [0.717, 1.165) is 74.4 Å². The minimum Gasteiger partial charge on any atom is -0.870 e. The van der Waals surface area contributed by atoms with Crippen LogP contribution in [-0.2, 0) is 20.8 Å². The largest absolute Gasteiger partial charge is 1.00 e. The summed E-state index contributed by atoms with van der Waals surface area (Å²) in [7, 11) is 7.51. The van der Waals surface area contributed by atoms with Crippen LogP contribution in [0.4, 0.5) is 68.2 Å². The molecule has 4 amide bonds. The molecule has 40 heteroatoms. The maximum Gasteiger partial charge on any atom is 1.00 e. The van der Waals surface area contributed by atoms with E-state index >= 15 is 0 Å². The monoisotopic (exact) mass is 1750 g/mol. The fraction of sp³-hybridized carbons (Fsp3) is 0.118. The van der Waals surface area contributed by atoms with Crippen LogP contribution < -0.4 is 82.5 Å². The number of nitro groups is 6. The molecule has 11 aromatic rings. The standard InChI is InChI=1S/C24H20N4O8.C16H15N3O5.C15H14N2O4S.C15H11N2O4.C15H13NO4.K.H2O/c1-13-5-3-7-16(9-13)25-22(29)21(23(30)26-17-8-4-6-14(2)10-17)20-18(27(33)34)11-15(24(31)32)12-19(20)28(35)36;1-18(2)11-6-3-5-10(9-11)17-15(20)14-12(16(21)22)7-4-8-13(14)19(23)24;1-16(2)10-3-6-12(7-4-10)22-14-8-5-11(17(20)21)9-13(14)15(18)19;1-10-4-2-5-11(8-10)16-15(19)12-6-3-7-14(17(20)21)13(12)9-18;1-10-3-2-4-11(7-10)8-12-5-6-13(15(17)18)9-14(12)16(19)20;;/h3-12,21H,1-2H3,(H,25,29)(H,26,30)(H,31,32);3-9H,1-2H3,(H,17,20)(H,21,22);3-9H,1-2H3,(H,18,19);2-8H,1H3,(H,16,19);2-7,9H,8H2,1H3,(H,17,18);;1H2/q;;;-1;;+1;/p-1. The van der Waals surface area contributed by atoms with Crippen molar-refractivity contribution < 1.29 is 150 Å². The molecule has 0 bridgehead atoms. The van der Waals surface area contributed by atoms with Gasteiger partial charge in [0.2, 0.25) is 17.7 Å². The first kappa shape index (κ1) is 100. The third kappa shape index (κ3) is 28.5. The summed E-state index contributed by atoms with van der Waals surface area (Å²) in [6.07, 6.45) is 1.87. The van der Waals surface area contributed by atoms with Gasteiger partial charge in [0, 0.05) is 125 Å². The zero-order chi connectivity index (χ0) is 90.8. The number of carboxylic acid groups (broad SMARTS) is 4. The molecule has 638 valence electrons. The zero-order valence-electron chi connectivity index (χ0n) is 67.5. The molecule has 0 aromatic heterocycles. The van der Waals surface area contributed by atoms with Crippen molar-refractivity contribution in [3.8, 4) is 0 Å². The van der Waals surface area contributed by atoms with Gasteiger partial charge < -0.3 is 61.8 Å². The van der Waals surface area contributed by atoms with E-state index in [-0.39, 0.29) is 102 Å². The van der Waals surface area contributed by atoms with E-state index in [1.54, 1.807) is 86.6 Å². The van der Waals surface area contributed by atoms with Crippen LogP contribution in [0, 0.1) is 88.4 Å². The van der Waals surface area contributed by atoms with Gasteiger partial charge in [-0.2, -0.15) is 0 Å². The number of carbonyl (C=O) groups is 8. The summed E-state index contributed by atoms with van der Waals surface area (Å²) in [6, 6.07) is 58.4. The first-order valence-electron chi connectivity index (χ1n) is 35.8. The number of non-ortho nitro benzene ring substituents is 1. The van der Waals surface area contributed by atoms with Crippen molar-refractivity contribution in [3.63, 3.8) is 0 Å². The molecule has 0 heterocycles. The Kier molecular flexibility index (Phi) is 37.4. The van der Waals surface area contributed by atoms with Gasteiger partial charge in [0.1, 0.15) is 11.1 Å². The van der Waals surface area contributed by atoms with Crippen LogP contribution in [0.5, 0.6) is 0 Å². The molecule has 0 aliphatic carbocycles. The van der Waals surface area contributed by atoms with Crippen molar-refractivity contribution in [2.45, 2.75) is 49.8 Å². The van der Waals surface area contributed by atoms with Crippen molar-refractivity contribution in [1.82, 2.24) is 0 Å². The summed E-state index contributed by atoms with van der Waals surface area (Å²) < 4.78 is 0. The number of nitro benzene ring substituents is 6. The van der Waals surface area contributed by atoms with Crippen LogP contribution in [0.1, 0.15) is 113 Å². The first-order valence-corrected chi connectivity index (χ1v) is 36.6. The second-order valence-electron chi connectivity index (χ2n) is 26.7. The van der Waals surface area contributed by atoms with Gasteiger partial charge in [-0.15, -0.1) is 6.07 Å². The van der Waals surface area contributed by atoms with Gasteiger partial charge in [0.25, 0.3) is 34.3 Å². The van der Waals surface area contributed by atoms with E-state index in [1.807, 2.05) is 113 Å². The molecule has 11 aromatic carbocycles. The van der Waals surface area contributed by atoms with Gasteiger partial charge in [-0.05, 0) is 153 Å². The molecule has 0 aliphatic rings. The number of carbonyl (C=O) groups excluding carboxylic acids is 5. The number of hydrogen-bond donors (Lipinski definition) is 8. The molecule has 0 aliphatic heterocycles. The number of nitrogens with one attached hydrogen (secondary N) is 4. The molecular formula is C85H74KN12O26S-. The maximum absolute atomic E-state index is 13.4. The molecule has 0 saturated heterocycles. The second-order valence-corrected chi connectivity index (χ2v) is 27.9. The van der Waals surface area contributed by atoms with E-state index < -0.39 is 128 Å². The molecule has 0 saturated carbocycles. The number of aromatic carboxylic acids is 4. The number of benzene rings is 11. The Balaban J connectivity index is 0.000000282. The predicted molar refractivity (Wildman–Crippen MR) is 456 cm³/mol. The SMILES string of the molecule is CN(C)c1ccc(Sc2ccc([N+](=O)[O-])cc2C(=O)O)cc1.CN(C)c1cccc(NC(=O)c2c(C(=O)O)cccc2[N+](=O)[O-])c1.Cc1cccc(Cc2ccc(C(=O)O)cc2[N+](=O)[O-])c1.Cc1cccc(NC(=O)C(C(=O)Nc2cccc(C)c2)c2c([N+](=O)[O-])cc(C(=O)O)cc2[N+](=O)[O-])c1.Cc1cccc(NC(=O)c2cccc([N+](=O)[O-])c2[C-]=O)c1.[K+].[OH-]. The number of amides is 4. The van der Waals surface area contributed by atoms with Crippen LogP contribution in [0.2, 0.25) is 0 Å². The van der Waals surface area contributed by atoms with E-state index in [1.165, 1.54) is 72.6 Å². The Morgan fingerprint density at radius 3 is 1.26 bits per heavy atom. The van der Waals surface area contributed by atoms with Crippen LogP contribution in [0.15, 0.2) is 240 Å². The van der Waals surface area contributed by atoms with E-state index in [2.05, 4.69) is 21.3 Å². The van der Waals surface area contributed by atoms with Crippen molar-refractivity contribution in [1.29, 1.82) is 0 Å². The minimum atomic E-state index is -2.07. The summed E-state index contributed by atoms with van der Waals surface area (Å²) in [5.41, 5.74) is 1.73. The van der Waals surface area contributed by atoms with Crippen LogP contribution in [0.3, 0.4) is 0 Å². The van der Waals surface area contributed by atoms with Gasteiger partial charge in [-0.3, -0.25) is 79.9 Å². The second kappa shape index (κ2) is 46.6. The molecule has 0 unspecified atom stereocenters. The molecule has 11 rings (SSSR count). The fourth-order valence-electron chi connectivity index (χ4n) is 11.6. The molecular weight excluding hydrogens is 1680 g/mol. The summed E-state index contributed by atoms with van der Waals surface area (Å²) in [4.78, 5) is 175. The minimum absolute atomic E-state index is 0. The van der Waals surface area contributed by atoms with Crippen molar-refractivity contribution in [2.75, 3.05) is 59.3 Å². The molecule has 0 fully saturated rings. The third-order valence-electron chi connectivity index (χ3n) is 17.3. The van der Waals surface area contributed by atoms with Gasteiger partial charge >= 0.3 is 75.3 Å². The predicted octanol–water partition coefficient (Wildman–Crippen LogP) is 12.9. The molecule has 9 N–H and O–H groups in total. The summed E-state index contributed by atoms with van der Waals surface area (Å²) in [6.45, 7) is 7.31. The Hall–Kier alpha value is -15.2. The van der Waals surface area contributed by atoms with E-state index in [4.69, 9.17) is 5.11 Å². The Morgan fingerprint density at radius 1 is 0.400 bits per heavy atom. The molecule has 0 spiro atoms. The van der Waals surface area contributed by atoms with Crippen LogP contribution in [0.25, 0.3) is 0 Å². The molecule has 0 radical (unpaired) electrons. The molecule has 38 nitrogen and oxygen atoms in total. The normalized spacial score (nSPS) is 10.1. The number of hydrogen-bond acceptors (Lipinski definition) is 25. The third-order valence-corrected chi connectivity index (χ3v) is 18.4. The number of nitrogens with zero attached hydrogens (tertiary/aromatic N) is 8. The maximum atomic E-state index is 13.4. The molecule has 125 heavy (non-hydrogen) atoms. The summed E-state index contributed by atoms with van der Waals surface area (Å²) in [5, 5.41) is 114. The number of anilines is 6. The first-order chi connectivity index (χ1) is 58.2. The van der Waals surface area contributed by atoms with Gasteiger partial charge in [-0.25, -0.2) is 19.2 Å². The van der Waals surface area contributed by atoms with Crippen LogP contribution in [-0.4, -0.2) is 137 Å². The number of aryl methyl sites for hydroxylation is 4. The van der Waals surface area contributed by atoms with Crippen molar-refractivity contribution >= 4 is 134 Å². The van der Waals surface area contributed by atoms with Crippen molar-refractivity contribution in [3.05, 3.63) is 369 Å². The smallest absolute Gasteiger partial charge is 0.870 e.